The number of piperidine rings is 1. The zero-order valence-corrected chi connectivity index (χ0v) is 12.9. The molecule has 4 nitrogen and oxygen atoms in total. The Morgan fingerprint density at radius 1 is 1.38 bits per heavy atom. The van der Waals surface area contributed by atoms with Crippen LogP contribution in [-0.4, -0.2) is 38.8 Å². The highest BCUT2D eigenvalue weighted by molar-refractivity contribution is 5.94. The highest BCUT2D eigenvalue weighted by atomic mass is 16.5. The van der Waals surface area contributed by atoms with Crippen LogP contribution in [0.1, 0.15) is 48.0 Å². The first-order valence-electron chi connectivity index (χ1n) is 7.98. The van der Waals surface area contributed by atoms with Gasteiger partial charge in [0, 0.05) is 31.9 Å². The molecule has 0 spiro atoms. The fourth-order valence-electron chi connectivity index (χ4n) is 2.67. The van der Waals surface area contributed by atoms with Gasteiger partial charge in [-0.1, -0.05) is 12.1 Å². The van der Waals surface area contributed by atoms with Gasteiger partial charge in [-0.05, 0) is 56.3 Å². The molecule has 0 aliphatic carbocycles. The minimum absolute atomic E-state index is 0.000169. The maximum atomic E-state index is 12.0. The van der Waals surface area contributed by atoms with E-state index in [0.717, 1.165) is 31.7 Å². The summed E-state index contributed by atoms with van der Waals surface area (Å²) in [4.78, 5) is 12.0. The van der Waals surface area contributed by atoms with Crippen LogP contribution in [0.5, 0.6) is 0 Å². The molecule has 1 amide bonds. The summed E-state index contributed by atoms with van der Waals surface area (Å²) in [7, 11) is 0. The molecule has 1 aliphatic heterocycles. The molecule has 116 valence electrons. The van der Waals surface area contributed by atoms with Gasteiger partial charge >= 0.3 is 0 Å². The highest BCUT2D eigenvalue weighted by Crippen LogP contribution is 2.23. The summed E-state index contributed by atoms with van der Waals surface area (Å²) < 4.78 is 5.25. The summed E-state index contributed by atoms with van der Waals surface area (Å²) in [5.74, 6) is 0.585. The minimum atomic E-state index is -0.000169. The summed E-state index contributed by atoms with van der Waals surface area (Å²) in [6, 6.07) is 8.04. The Morgan fingerprint density at radius 2 is 2.19 bits per heavy atom. The average molecular weight is 290 g/mol. The lowest BCUT2D eigenvalue weighted by Gasteiger charge is -2.23. The second-order valence-electron chi connectivity index (χ2n) is 5.47. The summed E-state index contributed by atoms with van der Waals surface area (Å²) >= 11 is 0. The third-order valence-corrected chi connectivity index (χ3v) is 3.90. The monoisotopic (exact) mass is 290 g/mol. The van der Waals surface area contributed by atoms with Crippen molar-refractivity contribution < 1.29 is 9.53 Å². The Labute approximate surface area is 127 Å². The fraction of sp³-hybridized carbons (Fsp3) is 0.588. The summed E-state index contributed by atoms with van der Waals surface area (Å²) in [6.45, 7) is 6.23. The first kappa shape index (κ1) is 16.0. The fourth-order valence-corrected chi connectivity index (χ4v) is 2.67. The molecule has 4 heteroatoms. The van der Waals surface area contributed by atoms with E-state index in [1.807, 2.05) is 19.1 Å². The quantitative estimate of drug-likeness (QED) is 0.758. The average Bonchev–Trinajstić information content (AvgIpc) is 2.55. The minimum Gasteiger partial charge on any atom is -0.382 e. The molecule has 0 aromatic heterocycles. The third-order valence-electron chi connectivity index (χ3n) is 3.90. The van der Waals surface area contributed by atoms with Crippen LogP contribution in [0.15, 0.2) is 24.3 Å². The molecular formula is C17H26N2O2. The van der Waals surface area contributed by atoms with Crippen LogP contribution >= 0.6 is 0 Å². The van der Waals surface area contributed by atoms with Crippen molar-refractivity contribution in [3.05, 3.63) is 35.4 Å². The lowest BCUT2D eigenvalue weighted by Crippen LogP contribution is -2.28. The molecule has 1 aromatic carbocycles. The lowest BCUT2D eigenvalue weighted by molar-refractivity contribution is 0.0944. The molecule has 1 atom stereocenters. The molecule has 0 unspecified atom stereocenters. The number of ether oxygens (including phenoxy) is 1. The van der Waals surface area contributed by atoms with Crippen molar-refractivity contribution in [1.82, 2.24) is 10.6 Å². The summed E-state index contributed by atoms with van der Waals surface area (Å²) in [6.07, 6.45) is 3.31. The maximum Gasteiger partial charge on any atom is 0.251 e. The van der Waals surface area contributed by atoms with Crippen molar-refractivity contribution in [2.75, 3.05) is 32.8 Å². The van der Waals surface area contributed by atoms with Crippen LogP contribution in [0, 0.1) is 0 Å². The first-order chi connectivity index (χ1) is 10.3. The number of benzene rings is 1. The van der Waals surface area contributed by atoms with Crippen molar-refractivity contribution in [3.63, 3.8) is 0 Å². The van der Waals surface area contributed by atoms with Gasteiger partial charge in [0.1, 0.15) is 0 Å². The molecule has 1 saturated heterocycles. The number of amides is 1. The second kappa shape index (κ2) is 8.80. The molecule has 1 fully saturated rings. The highest BCUT2D eigenvalue weighted by Gasteiger charge is 2.15. The van der Waals surface area contributed by atoms with E-state index in [4.69, 9.17) is 4.74 Å². The predicted molar refractivity (Wildman–Crippen MR) is 84.7 cm³/mol. The Bertz CT molecular complexity index is 425. The van der Waals surface area contributed by atoms with E-state index in [1.165, 1.54) is 18.4 Å². The molecule has 1 heterocycles. The van der Waals surface area contributed by atoms with Crippen LogP contribution < -0.4 is 10.6 Å². The van der Waals surface area contributed by atoms with Crippen LogP contribution in [0.2, 0.25) is 0 Å². The van der Waals surface area contributed by atoms with Crippen molar-refractivity contribution >= 4 is 5.91 Å². The normalized spacial score (nSPS) is 18.4. The van der Waals surface area contributed by atoms with Crippen molar-refractivity contribution in [2.45, 2.75) is 32.1 Å². The van der Waals surface area contributed by atoms with Crippen molar-refractivity contribution in [1.29, 1.82) is 0 Å². The Kier molecular flexibility index (Phi) is 6.70. The van der Waals surface area contributed by atoms with Gasteiger partial charge in [0.2, 0.25) is 0 Å². The van der Waals surface area contributed by atoms with Gasteiger partial charge in [0.15, 0.2) is 0 Å². The number of rotatable bonds is 7. The van der Waals surface area contributed by atoms with Gasteiger partial charge in [-0.3, -0.25) is 4.79 Å². The van der Waals surface area contributed by atoms with Gasteiger partial charge < -0.3 is 15.4 Å². The predicted octanol–water partition coefficient (Wildman–Crippen LogP) is 2.31. The smallest absolute Gasteiger partial charge is 0.251 e. The Hall–Kier alpha value is -1.39. The molecule has 21 heavy (non-hydrogen) atoms. The zero-order valence-electron chi connectivity index (χ0n) is 12.9. The van der Waals surface area contributed by atoms with Crippen LogP contribution in [-0.2, 0) is 4.74 Å². The molecule has 1 aliphatic rings. The van der Waals surface area contributed by atoms with Gasteiger partial charge in [0.05, 0.1) is 0 Å². The van der Waals surface area contributed by atoms with E-state index >= 15 is 0 Å². The van der Waals surface area contributed by atoms with Crippen LogP contribution in [0.4, 0.5) is 0 Å². The zero-order chi connectivity index (χ0) is 14.9. The Balaban J connectivity index is 1.79. The van der Waals surface area contributed by atoms with Crippen LogP contribution in [0.25, 0.3) is 0 Å². The Morgan fingerprint density at radius 3 is 2.86 bits per heavy atom. The third kappa shape index (κ3) is 5.14. The number of carbonyl (C=O) groups excluding carboxylic acids is 1. The van der Waals surface area contributed by atoms with E-state index < -0.39 is 0 Å². The largest absolute Gasteiger partial charge is 0.382 e. The summed E-state index contributed by atoms with van der Waals surface area (Å²) in [5, 5.41) is 6.35. The number of nitrogens with one attached hydrogen (secondary N) is 2. The van der Waals surface area contributed by atoms with E-state index in [-0.39, 0.29) is 5.91 Å². The molecule has 0 saturated carbocycles. The second-order valence-corrected chi connectivity index (χ2v) is 5.47. The van der Waals surface area contributed by atoms with Crippen molar-refractivity contribution in [2.24, 2.45) is 0 Å². The molecule has 1 aromatic rings. The topological polar surface area (TPSA) is 50.4 Å². The first-order valence-corrected chi connectivity index (χ1v) is 7.98. The summed E-state index contributed by atoms with van der Waals surface area (Å²) in [5.41, 5.74) is 2.06. The molecule has 2 N–H and O–H groups in total. The standard InChI is InChI=1S/C17H26N2O2/c1-2-21-12-4-11-19-17(20)15-8-6-14(7-9-15)16-5-3-10-18-13-16/h6-9,16,18H,2-5,10-13H2,1H3,(H,19,20)/t16-/m1/s1. The number of carbonyl (C=O) groups is 1. The number of hydrogen-bond acceptors (Lipinski definition) is 3. The van der Waals surface area contributed by atoms with Gasteiger partial charge in [-0.2, -0.15) is 0 Å². The lowest BCUT2D eigenvalue weighted by atomic mass is 9.91. The SMILES string of the molecule is CCOCCCNC(=O)c1ccc([C@@H]2CCCNC2)cc1. The molecule has 2 rings (SSSR count). The van der Waals surface area contributed by atoms with Gasteiger partial charge in [0.25, 0.3) is 5.91 Å². The van der Waals surface area contributed by atoms with E-state index in [9.17, 15) is 4.79 Å². The molecule has 0 radical (unpaired) electrons. The maximum absolute atomic E-state index is 12.0. The van der Waals surface area contributed by atoms with Gasteiger partial charge in [-0.15, -0.1) is 0 Å². The van der Waals surface area contributed by atoms with E-state index in [0.29, 0.717) is 19.1 Å². The van der Waals surface area contributed by atoms with E-state index in [1.54, 1.807) is 0 Å². The van der Waals surface area contributed by atoms with E-state index in [2.05, 4.69) is 22.8 Å². The molecule has 0 bridgehead atoms. The van der Waals surface area contributed by atoms with Gasteiger partial charge in [-0.25, -0.2) is 0 Å². The molecular weight excluding hydrogens is 264 g/mol. The van der Waals surface area contributed by atoms with Crippen LogP contribution in [0.3, 0.4) is 0 Å². The number of hydrogen-bond donors (Lipinski definition) is 2. The van der Waals surface area contributed by atoms with Crippen molar-refractivity contribution in [3.8, 4) is 0 Å².